The zero-order chi connectivity index (χ0) is 11.2. The van der Waals surface area contributed by atoms with Gasteiger partial charge in [0, 0.05) is 24.1 Å². The summed E-state index contributed by atoms with van der Waals surface area (Å²) < 4.78 is 0. The molecule has 3 rings (SSSR count). The number of benzene rings is 1. The van der Waals surface area contributed by atoms with Crippen molar-refractivity contribution in [1.29, 1.82) is 5.26 Å². The van der Waals surface area contributed by atoms with Crippen molar-refractivity contribution in [3.63, 3.8) is 0 Å². The molecule has 3 nitrogen and oxygen atoms in total. The summed E-state index contributed by atoms with van der Waals surface area (Å²) in [5.41, 5.74) is 0.766. The molecule has 3 heteroatoms. The SMILES string of the molecule is N#CC12CC=CCN1C(=O)c1ccccc12. The summed E-state index contributed by atoms with van der Waals surface area (Å²) >= 11 is 0. The summed E-state index contributed by atoms with van der Waals surface area (Å²) in [5.74, 6) is -0.0264. The molecule has 0 radical (unpaired) electrons. The summed E-state index contributed by atoms with van der Waals surface area (Å²) in [5, 5.41) is 9.44. The largest absolute Gasteiger partial charge is 0.312 e. The molecule has 0 fully saturated rings. The lowest BCUT2D eigenvalue weighted by molar-refractivity contribution is 0.0667. The maximum Gasteiger partial charge on any atom is 0.256 e. The molecule has 0 spiro atoms. The molecule has 2 heterocycles. The van der Waals surface area contributed by atoms with Gasteiger partial charge in [-0.3, -0.25) is 4.79 Å². The number of carbonyl (C=O) groups excluding carboxylic acids is 1. The third kappa shape index (κ3) is 0.892. The van der Waals surface area contributed by atoms with Crippen LogP contribution in [0.2, 0.25) is 0 Å². The van der Waals surface area contributed by atoms with E-state index in [-0.39, 0.29) is 5.91 Å². The maximum atomic E-state index is 12.1. The highest BCUT2D eigenvalue weighted by Gasteiger charge is 2.49. The van der Waals surface area contributed by atoms with E-state index in [4.69, 9.17) is 0 Å². The van der Waals surface area contributed by atoms with Crippen molar-refractivity contribution in [2.24, 2.45) is 0 Å². The van der Waals surface area contributed by atoms with Crippen molar-refractivity contribution >= 4 is 5.91 Å². The normalized spacial score (nSPS) is 26.2. The van der Waals surface area contributed by atoms with E-state index in [9.17, 15) is 10.1 Å². The predicted octanol–water partition coefficient (Wildman–Crippen LogP) is 1.82. The van der Waals surface area contributed by atoms with Crippen LogP contribution in [0.3, 0.4) is 0 Å². The lowest BCUT2D eigenvalue weighted by Gasteiger charge is -2.34. The van der Waals surface area contributed by atoms with E-state index in [0.29, 0.717) is 18.5 Å². The average molecular weight is 210 g/mol. The Morgan fingerprint density at radius 2 is 2.12 bits per heavy atom. The van der Waals surface area contributed by atoms with Gasteiger partial charge in [-0.05, 0) is 6.07 Å². The maximum absolute atomic E-state index is 12.1. The molecule has 2 aliphatic heterocycles. The Hall–Kier alpha value is -2.08. The molecule has 1 atom stereocenters. The van der Waals surface area contributed by atoms with Crippen LogP contribution >= 0.6 is 0 Å². The molecule has 78 valence electrons. The molecule has 16 heavy (non-hydrogen) atoms. The molecule has 1 aromatic rings. The first-order valence-corrected chi connectivity index (χ1v) is 5.27. The monoisotopic (exact) mass is 210 g/mol. The first-order valence-electron chi connectivity index (χ1n) is 5.27. The summed E-state index contributed by atoms with van der Waals surface area (Å²) in [7, 11) is 0. The lowest BCUT2D eigenvalue weighted by Crippen LogP contribution is -2.44. The number of amides is 1. The minimum Gasteiger partial charge on any atom is -0.312 e. The summed E-state index contributed by atoms with van der Waals surface area (Å²) in [6.07, 6.45) is 4.51. The zero-order valence-electron chi connectivity index (χ0n) is 8.68. The van der Waals surface area contributed by atoms with Gasteiger partial charge in [0.25, 0.3) is 5.91 Å². The van der Waals surface area contributed by atoms with Gasteiger partial charge in [0.15, 0.2) is 5.54 Å². The van der Waals surface area contributed by atoms with Crippen LogP contribution < -0.4 is 0 Å². The lowest BCUT2D eigenvalue weighted by atomic mass is 9.86. The van der Waals surface area contributed by atoms with Crippen LogP contribution in [-0.4, -0.2) is 17.4 Å². The van der Waals surface area contributed by atoms with E-state index < -0.39 is 5.54 Å². The van der Waals surface area contributed by atoms with Gasteiger partial charge in [-0.1, -0.05) is 30.4 Å². The Kier molecular flexibility index (Phi) is 1.69. The fraction of sp³-hybridized carbons (Fsp3) is 0.231. The second kappa shape index (κ2) is 2.96. The predicted molar refractivity (Wildman–Crippen MR) is 58.5 cm³/mol. The minimum atomic E-state index is -0.761. The Labute approximate surface area is 93.6 Å². The molecule has 0 N–H and O–H groups in total. The van der Waals surface area contributed by atoms with Gasteiger partial charge in [0.1, 0.15) is 0 Å². The fourth-order valence-corrected chi connectivity index (χ4v) is 2.55. The fourth-order valence-electron chi connectivity index (χ4n) is 2.55. The number of nitriles is 1. The Balaban J connectivity index is 2.29. The quantitative estimate of drug-likeness (QED) is 0.613. The highest BCUT2D eigenvalue weighted by Crippen LogP contribution is 2.42. The smallest absolute Gasteiger partial charge is 0.256 e. The van der Waals surface area contributed by atoms with Gasteiger partial charge in [-0.2, -0.15) is 5.26 Å². The molecule has 0 aliphatic carbocycles. The Bertz CT molecular complexity index is 541. The molecule has 0 bridgehead atoms. The molecule has 2 aliphatic rings. The Morgan fingerprint density at radius 3 is 2.94 bits per heavy atom. The third-order valence-electron chi connectivity index (χ3n) is 3.36. The van der Waals surface area contributed by atoms with Gasteiger partial charge in [0.05, 0.1) is 6.07 Å². The van der Waals surface area contributed by atoms with E-state index in [1.54, 1.807) is 11.0 Å². The average Bonchev–Trinajstić information content (AvgIpc) is 2.62. The first kappa shape index (κ1) is 9.17. The van der Waals surface area contributed by atoms with Gasteiger partial charge < -0.3 is 4.90 Å². The first-order chi connectivity index (χ1) is 7.79. The molecule has 1 amide bonds. The molecule has 0 saturated heterocycles. The standard InChI is InChI=1S/C13H10N2O/c14-9-13-7-3-4-8-15(13)12(16)10-5-1-2-6-11(10)13/h1-6H,7-8H2. The van der Waals surface area contributed by atoms with Crippen molar-refractivity contribution < 1.29 is 4.79 Å². The number of nitrogens with zero attached hydrogens (tertiary/aromatic N) is 2. The minimum absolute atomic E-state index is 0.0264. The zero-order valence-corrected chi connectivity index (χ0v) is 8.68. The highest BCUT2D eigenvalue weighted by atomic mass is 16.2. The van der Waals surface area contributed by atoms with Crippen LogP contribution in [0.5, 0.6) is 0 Å². The number of carbonyl (C=O) groups is 1. The number of hydrogen-bond acceptors (Lipinski definition) is 2. The topological polar surface area (TPSA) is 44.1 Å². The van der Waals surface area contributed by atoms with E-state index in [2.05, 4.69) is 6.07 Å². The van der Waals surface area contributed by atoms with Crippen LogP contribution in [0.25, 0.3) is 0 Å². The third-order valence-corrected chi connectivity index (χ3v) is 3.36. The van der Waals surface area contributed by atoms with Crippen molar-refractivity contribution in [3.8, 4) is 6.07 Å². The molecule has 0 aromatic heterocycles. The molecule has 1 unspecified atom stereocenters. The number of hydrogen-bond donors (Lipinski definition) is 0. The van der Waals surface area contributed by atoms with Crippen LogP contribution in [0.15, 0.2) is 36.4 Å². The van der Waals surface area contributed by atoms with E-state index in [1.165, 1.54) is 0 Å². The van der Waals surface area contributed by atoms with E-state index >= 15 is 0 Å². The summed E-state index contributed by atoms with van der Waals surface area (Å²) in [4.78, 5) is 13.8. The summed E-state index contributed by atoms with van der Waals surface area (Å²) in [6, 6.07) is 9.73. The summed E-state index contributed by atoms with van der Waals surface area (Å²) in [6.45, 7) is 0.529. The molecule has 0 saturated carbocycles. The molecular formula is C13H10N2O. The van der Waals surface area contributed by atoms with Crippen LogP contribution in [-0.2, 0) is 5.54 Å². The van der Waals surface area contributed by atoms with Crippen molar-refractivity contribution in [1.82, 2.24) is 4.90 Å². The van der Waals surface area contributed by atoms with Crippen LogP contribution in [0.4, 0.5) is 0 Å². The van der Waals surface area contributed by atoms with Crippen LogP contribution in [0.1, 0.15) is 22.3 Å². The number of rotatable bonds is 0. The molecule has 1 aromatic carbocycles. The van der Waals surface area contributed by atoms with Crippen molar-refractivity contribution in [2.45, 2.75) is 12.0 Å². The number of fused-ring (bicyclic) bond motifs is 3. The van der Waals surface area contributed by atoms with Crippen molar-refractivity contribution in [3.05, 3.63) is 47.5 Å². The Morgan fingerprint density at radius 1 is 1.31 bits per heavy atom. The van der Waals surface area contributed by atoms with E-state index in [1.807, 2.05) is 30.4 Å². The highest BCUT2D eigenvalue weighted by molar-refractivity contribution is 6.01. The van der Waals surface area contributed by atoms with E-state index in [0.717, 1.165) is 5.56 Å². The second-order valence-electron chi connectivity index (χ2n) is 4.11. The van der Waals surface area contributed by atoms with Gasteiger partial charge in [0.2, 0.25) is 0 Å². The molecular weight excluding hydrogens is 200 g/mol. The van der Waals surface area contributed by atoms with Gasteiger partial charge >= 0.3 is 0 Å². The second-order valence-corrected chi connectivity index (χ2v) is 4.11. The van der Waals surface area contributed by atoms with Crippen molar-refractivity contribution in [2.75, 3.05) is 6.54 Å². The van der Waals surface area contributed by atoms with Gasteiger partial charge in [-0.15, -0.1) is 0 Å². The van der Waals surface area contributed by atoms with Gasteiger partial charge in [-0.25, -0.2) is 0 Å². The van der Waals surface area contributed by atoms with Crippen LogP contribution in [0, 0.1) is 11.3 Å².